The van der Waals surface area contributed by atoms with E-state index in [9.17, 15) is 10.1 Å². The van der Waals surface area contributed by atoms with E-state index in [1.807, 2.05) is 25.7 Å². The summed E-state index contributed by atoms with van der Waals surface area (Å²) in [5, 5.41) is 22.4. The predicted molar refractivity (Wildman–Crippen MR) is 141 cm³/mol. The van der Waals surface area contributed by atoms with Crippen LogP contribution in [0.25, 0.3) is 11.0 Å². The topological polar surface area (TPSA) is 155 Å². The number of imidazole rings is 1. The molecule has 3 aromatic rings. The first-order chi connectivity index (χ1) is 17.4. The van der Waals surface area contributed by atoms with E-state index in [1.165, 1.54) is 31.5 Å². The van der Waals surface area contributed by atoms with Crippen LogP contribution in [0.15, 0.2) is 24.4 Å². The molecule has 12 nitrogen and oxygen atoms in total. The van der Waals surface area contributed by atoms with Gasteiger partial charge in [0.25, 0.3) is 5.69 Å². The number of aryl methyl sites for hydroxylation is 1. The quantitative estimate of drug-likeness (QED) is 0.410. The Morgan fingerprint density at radius 2 is 1.67 bits per heavy atom. The molecular weight excluding hydrogens is 460 g/mol. The van der Waals surface area contributed by atoms with E-state index in [2.05, 4.69) is 36.1 Å². The first-order valence-corrected chi connectivity index (χ1v) is 12.1. The average Bonchev–Trinajstić information content (AvgIpc) is 3.54. The fraction of sp³-hybridized carbons (Fsp3) is 0.500. The highest BCUT2D eigenvalue weighted by Gasteiger charge is 2.19. The van der Waals surface area contributed by atoms with Crippen molar-refractivity contribution in [3.05, 3.63) is 40.1 Å². The molecule has 0 radical (unpaired) electrons. The second-order valence-electron chi connectivity index (χ2n) is 8.72. The van der Waals surface area contributed by atoms with Gasteiger partial charge in [-0.2, -0.15) is 10.2 Å². The Morgan fingerprint density at radius 3 is 2.28 bits per heavy atom. The minimum Gasteiger partial charge on any atom is -0.368 e. The van der Waals surface area contributed by atoms with Crippen molar-refractivity contribution in [2.75, 3.05) is 55.8 Å². The normalized spacial score (nSPS) is 14.9. The number of nitrogens with one attached hydrogen (secondary N) is 1. The molecule has 0 unspecified atom stereocenters. The van der Waals surface area contributed by atoms with Gasteiger partial charge in [-0.05, 0) is 52.3 Å². The predicted octanol–water partition coefficient (Wildman–Crippen LogP) is 2.84. The van der Waals surface area contributed by atoms with Gasteiger partial charge in [0, 0.05) is 45.4 Å². The van der Waals surface area contributed by atoms with Gasteiger partial charge in [0.15, 0.2) is 5.82 Å². The fourth-order valence-electron chi connectivity index (χ4n) is 4.30. The van der Waals surface area contributed by atoms with E-state index >= 15 is 0 Å². The van der Waals surface area contributed by atoms with Crippen molar-refractivity contribution in [3.8, 4) is 6.07 Å². The molecule has 0 bridgehead atoms. The third-order valence-electron chi connectivity index (χ3n) is 6.00. The van der Waals surface area contributed by atoms with Crippen LogP contribution < -0.4 is 20.9 Å². The molecule has 0 aliphatic carbocycles. The van der Waals surface area contributed by atoms with E-state index in [-0.39, 0.29) is 16.6 Å². The van der Waals surface area contributed by atoms with Gasteiger partial charge in [-0.15, -0.1) is 0 Å². The first-order valence-electron chi connectivity index (χ1n) is 12.1. The van der Waals surface area contributed by atoms with Crippen molar-refractivity contribution in [3.63, 3.8) is 0 Å². The fourth-order valence-corrected chi connectivity index (χ4v) is 4.30. The largest absolute Gasteiger partial charge is 0.368 e. The highest BCUT2D eigenvalue weighted by molar-refractivity contribution is 5.81. The van der Waals surface area contributed by atoms with Gasteiger partial charge in [-0.1, -0.05) is 0 Å². The van der Waals surface area contributed by atoms with Crippen LogP contribution >= 0.6 is 0 Å². The Morgan fingerprint density at radius 1 is 1.06 bits per heavy atom. The molecule has 5 rings (SSSR count). The van der Waals surface area contributed by atoms with Crippen LogP contribution in [-0.2, 0) is 7.05 Å². The number of non-ortho nitro benzene ring substituents is 1. The first kappa shape index (κ1) is 26.6. The monoisotopic (exact) mass is 494 g/mol. The summed E-state index contributed by atoms with van der Waals surface area (Å²) in [6, 6.07) is 6.93. The molecule has 0 amide bonds. The second-order valence-corrected chi connectivity index (χ2v) is 8.72. The summed E-state index contributed by atoms with van der Waals surface area (Å²) in [7, 11) is 5.71. The smallest absolute Gasteiger partial charge is 0.271 e. The Kier molecular flexibility index (Phi) is 9.35. The number of aromatic nitrogens is 4. The summed E-state index contributed by atoms with van der Waals surface area (Å²) in [6.07, 6.45) is 7.41. The lowest BCUT2D eigenvalue weighted by atomic mass is 10.1. The van der Waals surface area contributed by atoms with Gasteiger partial charge < -0.3 is 25.4 Å². The molecule has 12 heteroatoms. The Labute approximate surface area is 210 Å². The lowest BCUT2D eigenvalue weighted by Crippen LogP contribution is -2.31. The van der Waals surface area contributed by atoms with Crippen molar-refractivity contribution < 1.29 is 4.92 Å². The molecule has 3 N–H and O–H groups in total. The van der Waals surface area contributed by atoms with Gasteiger partial charge in [-0.3, -0.25) is 10.1 Å². The Hall–Kier alpha value is -3.98. The maximum Gasteiger partial charge on any atom is 0.271 e. The number of hydrogen-bond acceptors (Lipinski definition) is 10. The van der Waals surface area contributed by atoms with Gasteiger partial charge >= 0.3 is 0 Å². The molecule has 0 spiro atoms. The summed E-state index contributed by atoms with van der Waals surface area (Å²) < 4.78 is 2.02. The molecule has 2 aromatic heterocycles. The highest BCUT2D eigenvalue weighted by Crippen LogP contribution is 2.26. The zero-order valence-electron chi connectivity index (χ0n) is 21.1. The second kappa shape index (κ2) is 12.6. The molecule has 1 aromatic carbocycles. The van der Waals surface area contributed by atoms with Crippen molar-refractivity contribution >= 4 is 34.4 Å². The van der Waals surface area contributed by atoms with Gasteiger partial charge in [-0.25, -0.2) is 9.97 Å². The van der Waals surface area contributed by atoms with Crippen LogP contribution in [0.5, 0.6) is 0 Å². The van der Waals surface area contributed by atoms with E-state index in [4.69, 9.17) is 11.0 Å². The average molecular weight is 495 g/mol. The number of hydrogen-bond donors (Lipinski definition) is 2. The van der Waals surface area contributed by atoms with E-state index in [0.717, 1.165) is 50.5 Å². The van der Waals surface area contributed by atoms with Crippen LogP contribution in [0.2, 0.25) is 0 Å². The molecule has 2 saturated heterocycles. The van der Waals surface area contributed by atoms with Crippen molar-refractivity contribution in [1.29, 1.82) is 5.26 Å². The van der Waals surface area contributed by atoms with Gasteiger partial charge in [0.2, 0.25) is 11.9 Å². The Balaban J connectivity index is 0.000000188. The molecule has 2 aliphatic rings. The lowest BCUT2D eigenvalue weighted by Gasteiger charge is -2.27. The minimum absolute atomic E-state index is 0.0933. The SMILES string of the molecule is CNC.Cn1c(N2CCCCC2)nc2cc([N+](=O)[O-])ccc21.N#Cc1cnc(N)nc1N1CCCC1. The van der Waals surface area contributed by atoms with Crippen LogP contribution in [0, 0.1) is 21.4 Å². The molecular formula is C24H34N10O2. The minimum atomic E-state index is -0.380. The molecule has 0 atom stereocenters. The van der Waals surface area contributed by atoms with Crippen molar-refractivity contribution in [1.82, 2.24) is 24.8 Å². The van der Waals surface area contributed by atoms with Gasteiger partial charge in [0.05, 0.1) is 22.2 Å². The maximum absolute atomic E-state index is 10.8. The molecule has 192 valence electrons. The third kappa shape index (κ3) is 6.37. The summed E-state index contributed by atoms with van der Waals surface area (Å²) >= 11 is 0. The zero-order chi connectivity index (χ0) is 26.1. The van der Waals surface area contributed by atoms with Crippen molar-refractivity contribution in [2.24, 2.45) is 7.05 Å². The summed E-state index contributed by atoms with van der Waals surface area (Å²) in [5.41, 5.74) is 7.71. The summed E-state index contributed by atoms with van der Waals surface area (Å²) in [4.78, 5) is 27.2. The van der Waals surface area contributed by atoms with Crippen LogP contribution in [-0.4, -0.2) is 64.7 Å². The number of rotatable bonds is 3. The highest BCUT2D eigenvalue weighted by atomic mass is 16.6. The standard InChI is InChI=1S/C13H16N4O2.C9H11N5.C2H7N/c1-15-12-6-5-10(17(18)19)9-11(12)14-13(15)16-7-3-2-4-8-16;10-5-7-6-12-9(11)13-8(7)14-3-1-2-4-14;1-3-2/h5-6,9H,2-4,7-8H2,1H3;6H,1-4H2,(H2,11,12,13);3H,1-2H3. The molecule has 36 heavy (non-hydrogen) atoms. The Bertz CT molecular complexity index is 1210. The summed E-state index contributed by atoms with van der Waals surface area (Å²) in [6.45, 7) is 3.93. The zero-order valence-corrected chi connectivity index (χ0v) is 21.1. The number of nitriles is 1. The van der Waals surface area contributed by atoms with E-state index in [0.29, 0.717) is 16.9 Å². The number of fused-ring (bicyclic) bond motifs is 1. The molecule has 4 heterocycles. The number of anilines is 3. The maximum atomic E-state index is 10.8. The number of benzene rings is 1. The summed E-state index contributed by atoms with van der Waals surface area (Å²) in [5.74, 6) is 1.82. The van der Waals surface area contributed by atoms with E-state index < -0.39 is 0 Å². The molecule has 2 fully saturated rings. The van der Waals surface area contributed by atoms with E-state index in [1.54, 1.807) is 12.1 Å². The number of nitro groups is 1. The number of nitrogens with zero attached hydrogens (tertiary/aromatic N) is 8. The molecule has 0 saturated carbocycles. The van der Waals surface area contributed by atoms with Crippen LogP contribution in [0.3, 0.4) is 0 Å². The third-order valence-corrected chi connectivity index (χ3v) is 6.00. The number of nitrogen functional groups attached to an aromatic ring is 1. The number of piperidine rings is 1. The van der Waals surface area contributed by atoms with Crippen LogP contribution in [0.1, 0.15) is 37.7 Å². The van der Waals surface area contributed by atoms with Gasteiger partial charge in [0.1, 0.15) is 11.6 Å². The van der Waals surface area contributed by atoms with Crippen LogP contribution in [0.4, 0.5) is 23.4 Å². The lowest BCUT2D eigenvalue weighted by molar-refractivity contribution is -0.384. The number of nitro benzene ring substituents is 1. The number of nitrogens with two attached hydrogens (primary N) is 1. The molecule has 2 aliphatic heterocycles. The van der Waals surface area contributed by atoms with Crippen molar-refractivity contribution in [2.45, 2.75) is 32.1 Å².